The van der Waals surface area contributed by atoms with Crippen LogP contribution in [0.4, 0.5) is 5.69 Å². The number of nitrogens with zero attached hydrogens (tertiary/aromatic N) is 5. The van der Waals surface area contributed by atoms with Crippen molar-refractivity contribution in [1.29, 1.82) is 0 Å². The Hall–Kier alpha value is -3.05. The van der Waals surface area contributed by atoms with Crippen molar-refractivity contribution in [3.8, 4) is 11.1 Å². The Kier molecular flexibility index (Phi) is 4.82. The number of likely N-dealkylation sites (tertiary alicyclic amines) is 1. The number of rotatable bonds is 5. The Labute approximate surface area is 172 Å². The predicted molar refractivity (Wildman–Crippen MR) is 117 cm³/mol. The number of hydrogen-bond acceptors (Lipinski definition) is 4. The first-order chi connectivity index (χ1) is 14.3. The first-order valence-corrected chi connectivity index (χ1v) is 10.3. The van der Waals surface area contributed by atoms with Crippen molar-refractivity contribution in [3.63, 3.8) is 0 Å². The van der Waals surface area contributed by atoms with Gasteiger partial charge in [0.05, 0.1) is 13.2 Å². The molecule has 1 fully saturated rings. The van der Waals surface area contributed by atoms with E-state index in [9.17, 15) is 0 Å². The molecule has 1 aromatic heterocycles. The maximum atomic E-state index is 4.47. The lowest BCUT2D eigenvalue weighted by molar-refractivity contribution is 0.261. The van der Waals surface area contributed by atoms with Gasteiger partial charge in [0.15, 0.2) is 0 Å². The van der Waals surface area contributed by atoms with Crippen LogP contribution < -0.4 is 4.90 Å². The smallest absolute Gasteiger partial charge is 0.122 e. The minimum atomic E-state index is 0.570. The molecule has 0 bridgehead atoms. The molecule has 5 rings (SSSR count). The van der Waals surface area contributed by atoms with Gasteiger partial charge in [-0.3, -0.25) is 4.90 Å². The second kappa shape index (κ2) is 7.76. The molecule has 29 heavy (non-hydrogen) atoms. The van der Waals surface area contributed by atoms with Gasteiger partial charge in [0.25, 0.3) is 0 Å². The lowest BCUT2D eigenvalue weighted by atomic mass is 10.1. The molecule has 2 aliphatic heterocycles. The van der Waals surface area contributed by atoms with Crippen molar-refractivity contribution in [3.05, 3.63) is 85.2 Å². The number of hydrogen-bond donors (Lipinski definition) is 0. The third kappa shape index (κ3) is 3.78. The van der Waals surface area contributed by atoms with Gasteiger partial charge in [-0.1, -0.05) is 42.5 Å². The van der Waals surface area contributed by atoms with E-state index >= 15 is 0 Å². The molecule has 148 valence electrons. The van der Waals surface area contributed by atoms with Gasteiger partial charge in [0.2, 0.25) is 0 Å². The second-order valence-electron chi connectivity index (χ2n) is 7.97. The molecule has 3 heterocycles. The molecular formula is C24H27N5. The molecule has 5 heteroatoms. The molecule has 0 spiro atoms. The quantitative estimate of drug-likeness (QED) is 0.666. The number of imidazole rings is 1. The molecule has 0 N–H and O–H groups in total. The molecule has 0 saturated carbocycles. The van der Waals surface area contributed by atoms with Gasteiger partial charge in [-0.05, 0) is 29.7 Å². The molecule has 0 amide bonds. The molecule has 2 aromatic carbocycles. The van der Waals surface area contributed by atoms with Gasteiger partial charge in [-0.2, -0.15) is 0 Å². The monoisotopic (exact) mass is 385 g/mol. The van der Waals surface area contributed by atoms with E-state index in [1.165, 1.54) is 23.2 Å². The molecule has 0 aliphatic carbocycles. The molecule has 1 saturated heterocycles. The van der Waals surface area contributed by atoms with Gasteiger partial charge < -0.3 is 14.4 Å². The summed E-state index contributed by atoms with van der Waals surface area (Å²) >= 11 is 0. The maximum absolute atomic E-state index is 4.47. The third-order valence-electron chi connectivity index (χ3n) is 6.06. The lowest BCUT2D eigenvalue weighted by Crippen LogP contribution is -2.36. The highest BCUT2D eigenvalue weighted by molar-refractivity contribution is 5.66. The van der Waals surface area contributed by atoms with E-state index in [2.05, 4.69) is 98.3 Å². The highest BCUT2D eigenvalue weighted by Gasteiger charge is 2.29. The Morgan fingerprint density at radius 1 is 0.966 bits per heavy atom. The van der Waals surface area contributed by atoms with Crippen LogP contribution >= 0.6 is 0 Å². The number of anilines is 1. The van der Waals surface area contributed by atoms with Crippen LogP contribution in [0.25, 0.3) is 11.1 Å². The Morgan fingerprint density at radius 2 is 1.76 bits per heavy atom. The van der Waals surface area contributed by atoms with E-state index in [1.807, 2.05) is 12.4 Å². The van der Waals surface area contributed by atoms with E-state index < -0.39 is 0 Å². The highest BCUT2D eigenvalue weighted by atomic mass is 15.4. The minimum Gasteiger partial charge on any atom is -0.354 e. The van der Waals surface area contributed by atoms with E-state index in [1.54, 1.807) is 0 Å². The van der Waals surface area contributed by atoms with Crippen molar-refractivity contribution in [2.75, 3.05) is 24.7 Å². The normalized spacial score (nSPS) is 19.4. The number of benzene rings is 2. The summed E-state index contributed by atoms with van der Waals surface area (Å²) in [5.41, 5.74) is 3.76. The maximum Gasteiger partial charge on any atom is 0.122 e. The van der Waals surface area contributed by atoms with E-state index in [0.717, 1.165) is 32.1 Å². The standard InChI is InChI=1S/C24H27N5/c1-26-14-12-25-24(26)18-27-13-11-23(17-27)29-16-15-28(19-29)22-9-7-21(8-10-22)20-5-3-2-4-6-20/h2-10,12,14-16,23H,11,13,17-19H2,1H3/t23-/m0/s1. The summed E-state index contributed by atoms with van der Waals surface area (Å²) in [7, 11) is 2.07. The second-order valence-corrected chi connectivity index (χ2v) is 7.97. The topological polar surface area (TPSA) is 27.5 Å². The van der Waals surface area contributed by atoms with Crippen LogP contribution in [0.3, 0.4) is 0 Å². The van der Waals surface area contributed by atoms with Crippen LogP contribution in [0.1, 0.15) is 12.2 Å². The molecule has 3 aromatic rings. The Bertz CT molecular complexity index is 976. The average Bonchev–Trinajstić information content (AvgIpc) is 3.51. The van der Waals surface area contributed by atoms with Crippen LogP contribution in [-0.2, 0) is 13.6 Å². The molecule has 2 aliphatic rings. The molecular weight excluding hydrogens is 358 g/mol. The average molecular weight is 386 g/mol. The summed E-state index contributed by atoms with van der Waals surface area (Å²) in [6.07, 6.45) is 9.56. The van der Waals surface area contributed by atoms with Gasteiger partial charge >= 0.3 is 0 Å². The van der Waals surface area contributed by atoms with E-state index in [0.29, 0.717) is 6.04 Å². The van der Waals surface area contributed by atoms with Crippen molar-refractivity contribution in [2.24, 2.45) is 7.05 Å². The Balaban J connectivity index is 1.19. The van der Waals surface area contributed by atoms with Crippen LogP contribution in [0.2, 0.25) is 0 Å². The summed E-state index contributed by atoms with van der Waals surface area (Å²) in [5.74, 6) is 1.14. The van der Waals surface area contributed by atoms with Gasteiger partial charge in [-0.25, -0.2) is 4.98 Å². The first kappa shape index (κ1) is 18.0. The zero-order chi connectivity index (χ0) is 19.6. The Morgan fingerprint density at radius 3 is 2.52 bits per heavy atom. The highest BCUT2D eigenvalue weighted by Crippen LogP contribution is 2.27. The largest absolute Gasteiger partial charge is 0.354 e. The van der Waals surface area contributed by atoms with Gasteiger partial charge in [0.1, 0.15) is 5.82 Å². The van der Waals surface area contributed by atoms with Crippen LogP contribution in [-0.4, -0.2) is 45.2 Å². The summed E-state index contributed by atoms with van der Waals surface area (Å²) in [5, 5.41) is 0. The predicted octanol–water partition coefficient (Wildman–Crippen LogP) is 3.91. The lowest BCUT2D eigenvalue weighted by Gasteiger charge is -2.27. The molecule has 1 atom stereocenters. The van der Waals surface area contributed by atoms with Crippen LogP contribution in [0.5, 0.6) is 0 Å². The van der Waals surface area contributed by atoms with E-state index in [-0.39, 0.29) is 0 Å². The van der Waals surface area contributed by atoms with Gasteiger partial charge in [-0.15, -0.1) is 0 Å². The summed E-state index contributed by atoms with van der Waals surface area (Å²) in [4.78, 5) is 11.8. The molecule has 0 radical (unpaired) electrons. The molecule has 0 unspecified atom stereocenters. The summed E-state index contributed by atoms with van der Waals surface area (Å²) in [6, 6.07) is 20.0. The van der Waals surface area contributed by atoms with Crippen molar-refractivity contribution >= 4 is 5.69 Å². The fourth-order valence-corrected chi connectivity index (χ4v) is 4.29. The van der Waals surface area contributed by atoms with Crippen LogP contribution in [0, 0.1) is 0 Å². The fraction of sp³-hybridized carbons (Fsp3) is 0.292. The zero-order valence-corrected chi connectivity index (χ0v) is 16.9. The third-order valence-corrected chi connectivity index (χ3v) is 6.06. The summed E-state index contributed by atoms with van der Waals surface area (Å²) in [6.45, 7) is 4.08. The number of aromatic nitrogens is 2. The minimum absolute atomic E-state index is 0.570. The van der Waals surface area contributed by atoms with Crippen molar-refractivity contribution in [1.82, 2.24) is 19.4 Å². The summed E-state index contributed by atoms with van der Waals surface area (Å²) < 4.78 is 2.12. The number of aryl methyl sites for hydroxylation is 1. The first-order valence-electron chi connectivity index (χ1n) is 10.3. The molecule has 5 nitrogen and oxygen atoms in total. The van der Waals surface area contributed by atoms with Crippen molar-refractivity contribution in [2.45, 2.75) is 19.0 Å². The van der Waals surface area contributed by atoms with Crippen LogP contribution in [0.15, 0.2) is 79.4 Å². The fourth-order valence-electron chi connectivity index (χ4n) is 4.29. The van der Waals surface area contributed by atoms with E-state index in [4.69, 9.17) is 0 Å². The van der Waals surface area contributed by atoms with Crippen molar-refractivity contribution < 1.29 is 0 Å². The SMILES string of the molecule is Cn1ccnc1CN1CC[C@H](N2C=CN(c3ccc(-c4ccccc4)cc3)C2)C1. The van der Waals surface area contributed by atoms with Gasteiger partial charge in [0, 0.05) is 56.7 Å². The zero-order valence-electron chi connectivity index (χ0n) is 16.9.